The van der Waals surface area contributed by atoms with Crippen molar-refractivity contribution in [2.45, 2.75) is 56.5 Å². The zero-order valence-electron chi connectivity index (χ0n) is 22.8. The van der Waals surface area contributed by atoms with Gasteiger partial charge in [0, 0.05) is 34.1 Å². The summed E-state index contributed by atoms with van der Waals surface area (Å²) >= 11 is 0. The molecule has 0 bridgehead atoms. The van der Waals surface area contributed by atoms with E-state index in [4.69, 9.17) is 0 Å². The standard InChI is InChI=1S/C31H32FN3O5S/c1-18-15-23(31(37)38)8-14-27(18)29-16-22-7-13-26(17-28(22)34-29)41(39,40)35-25-11-5-21(6-12-25)30(36)33-19(2)20-3-9-24(32)10-4-20/h3-4,7-10,13-17,19,21,25,34-35H,5-6,11-12H2,1-2H3,(H,33,36)(H,37,38). The maximum Gasteiger partial charge on any atom is 0.335 e. The summed E-state index contributed by atoms with van der Waals surface area (Å²) in [5, 5.41) is 13.0. The molecule has 1 heterocycles. The van der Waals surface area contributed by atoms with E-state index < -0.39 is 16.0 Å². The van der Waals surface area contributed by atoms with Crippen LogP contribution in [0.3, 0.4) is 0 Å². The maximum absolute atomic E-state index is 13.2. The lowest BCUT2D eigenvalue weighted by Crippen LogP contribution is -2.41. The maximum atomic E-state index is 13.2. The summed E-state index contributed by atoms with van der Waals surface area (Å²) in [7, 11) is -3.79. The third-order valence-electron chi connectivity index (χ3n) is 7.82. The lowest BCUT2D eigenvalue weighted by Gasteiger charge is -2.29. The van der Waals surface area contributed by atoms with Crippen LogP contribution in [0.1, 0.15) is 60.1 Å². The fourth-order valence-electron chi connectivity index (χ4n) is 5.44. The Bertz CT molecular complexity index is 1710. The number of aromatic carboxylic acids is 1. The van der Waals surface area contributed by atoms with Crippen LogP contribution in [-0.4, -0.2) is 36.4 Å². The predicted octanol–water partition coefficient (Wildman–Crippen LogP) is 5.70. The molecule has 0 radical (unpaired) electrons. The molecule has 1 amide bonds. The van der Waals surface area contributed by atoms with Crippen LogP contribution in [0.4, 0.5) is 4.39 Å². The van der Waals surface area contributed by atoms with Crippen molar-refractivity contribution in [2.24, 2.45) is 5.92 Å². The number of hydrogen-bond acceptors (Lipinski definition) is 4. The summed E-state index contributed by atoms with van der Waals surface area (Å²) in [4.78, 5) is 27.5. The Morgan fingerprint density at radius 1 is 0.976 bits per heavy atom. The summed E-state index contributed by atoms with van der Waals surface area (Å²) in [6.07, 6.45) is 2.22. The van der Waals surface area contributed by atoms with Gasteiger partial charge in [-0.05, 0) is 93.1 Å². The van der Waals surface area contributed by atoms with E-state index in [1.807, 2.05) is 19.9 Å². The second kappa shape index (κ2) is 11.5. The molecule has 1 atom stereocenters. The number of halogens is 1. The summed E-state index contributed by atoms with van der Waals surface area (Å²) in [5.74, 6) is -1.61. The van der Waals surface area contributed by atoms with Crippen LogP contribution in [0, 0.1) is 18.7 Å². The molecule has 1 saturated carbocycles. The first-order valence-corrected chi connectivity index (χ1v) is 15.0. The van der Waals surface area contributed by atoms with Crippen molar-refractivity contribution >= 4 is 32.8 Å². The van der Waals surface area contributed by atoms with Gasteiger partial charge in [0.1, 0.15) is 5.82 Å². The molecular weight excluding hydrogens is 545 g/mol. The summed E-state index contributed by atoms with van der Waals surface area (Å²) < 4.78 is 42.5. The van der Waals surface area contributed by atoms with E-state index >= 15 is 0 Å². The lowest BCUT2D eigenvalue weighted by molar-refractivity contribution is -0.126. The number of hydrogen-bond donors (Lipinski definition) is 4. The third kappa shape index (κ3) is 6.34. The van der Waals surface area contributed by atoms with Gasteiger partial charge in [0.05, 0.1) is 16.5 Å². The molecular formula is C31H32FN3O5S. The summed E-state index contributed by atoms with van der Waals surface area (Å²) in [6, 6.07) is 17.2. The molecule has 1 aliphatic rings. The number of sulfonamides is 1. The van der Waals surface area contributed by atoms with Crippen LogP contribution in [0.2, 0.25) is 0 Å². The number of amides is 1. The van der Waals surface area contributed by atoms with E-state index in [0.717, 1.165) is 27.8 Å². The topological polar surface area (TPSA) is 128 Å². The Labute approximate surface area is 238 Å². The number of aromatic amines is 1. The number of carbonyl (C=O) groups excluding carboxylic acids is 1. The van der Waals surface area contributed by atoms with E-state index in [9.17, 15) is 27.5 Å². The molecule has 1 aliphatic carbocycles. The number of fused-ring (bicyclic) bond motifs is 1. The van der Waals surface area contributed by atoms with Gasteiger partial charge in [0.15, 0.2) is 0 Å². The molecule has 3 aromatic carbocycles. The van der Waals surface area contributed by atoms with E-state index in [-0.39, 0.29) is 40.2 Å². The highest BCUT2D eigenvalue weighted by molar-refractivity contribution is 7.89. The first kappa shape index (κ1) is 28.5. The van der Waals surface area contributed by atoms with Crippen molar-refractivity contribution in [3.63, 3.8) is 0 Å². The average Bonchev–Trinajstić information content (AvgIpc) is 3.36. The van der Waals surface area contributed by atoms with Crippen molar-refractivity contribution in [2.75, 3.05) is 0 Å². The fraction of sp³-hybridized carbons (Fsp3) is 0.290. The Morgan fingerprint density at radius 3 is 2.34 bits per heavy atom. The van der Waals surface area contributed by atoms with Crippen LogP contribution >= 0.6 is 0 Å². The molecule has 10 heteroatoms. The number of benzene rings is 3. The lowest BCUT2D eigenvalue weighted by atomic mass is 9.85. The Kier molecular flexibility index (Phi) is 7.97. The molecule has 5 rings (SSSR count). The first-order chi connectivity index (χ1) is 19.5. The minimum Gasteiger partial charge on any atom is -0.478 e. The highest BCUT2D eigenvalue weighted by atomic mass is 32.2. The number of rotatable bonds is 8. The van der Waals surface area contributed by atoms with Gasteiger partial charge in [-0.25, -0.2) is 22.3 Å². The molecule has 0 aliphatic heterocycles. The van der Waals surface area contributed by atoms with Gasteiger partial charge < -0.3 is 15.4 Å². The van der Waals surface area contributed by atoms with Crippen LogP contribution in [0.25, 0.3) is 22.2 Å². The number of H-pyrrole nitrogens is 1. The van der Waals surface area contributed by atoms with Crippen molar-refractivity contribution in [1.29, 1.82) is 0 Å². The molecule has 0 spiro atoms. The quantitative estimate of drug-likeness (QED) is 0.214. The first-order valence-electron chi connectivity index (χ1n) is 13.6. The largest absolute Gasteiger partial charge is 0.478 e. The number of carboxylic acid groups (broad SMARTS) is 1. The normalized spacial score (nSPS) is 18.2. The zero-order chi connectivity index (χ0) is 29.3. The number of nitrogens with one attached hydrogen (secondary N) is 3. The van der Waals surface area contributed by atoms with Gasteiger partial charge in [-0.2, -0.15) is 0 Å². The second-order valence-corrected chi connectivity index (χ2v) is 12.4. The van der Waals surface area contributed by atoms with E-state index in [1.165, 1.54) is 12.1 Å². The molecule has 1 fully saturated rings. The molecule has 8 nitrogen and oxygen atoms in total. The van der Waals surface area contributed by atoms with Gasteiger partial charge in [-0.1, -0.05) is 24.3 Å². The fourth-order valence-corrected chi connectivity index (χ4v) is 6.78. The van der Waals surface area contributed by atoms with Crippen LogP contribution in [0.5, 0.6) is 0 Å². The van der Waals surface area contributed by atoms with Crippen LogP contribution < -0.4 is 10.0 Å². The van der Waals surface area contributed by atoms with E-state index in [2.05, 4.69) is 15.0 Å². The number of carboxylic acids is 1. The van der Waals surface area contributed by atoms with E-state index in [0.29, 0.717) is 31.2 Å². The molecule has 1 aromatic heterocycles. The van der Waals surface area contributed by atoms with Gasteiger partial charge >= 0.3 is 5.97 Å². The Balaban J connectivity index is 1.21. The molecule has 0 saturated heterocycles. The average molecular weight is 578 g/mol. The molecule has 4 aromatic rings. The number of aromatic nitrogens is 1. The summed E-state index contributed by atoms with van der Waals surface area (Å²) in [6.45, 7) is 3.68. The van der Waals surface area contributed by atoms with Gasteiger partial charge in [0.25, 0.3) is 0 Å². The van der Waals surface area contributed by atoms with Crippen molar-refractivity contribution in [3.05, 3.63) is 89.2 Å². The molecule has 214 valence electrons. The van der Waals surface area contributed by atoms with Gasteiger partial charge in [-0.3, -0.25) is 4.79 Å². The third-order valence-corrected chi connectivity index (χ3v) is 9.33. The van der Waals surface area contributed by atoms with Crippen LogP contribution in [-0.2, 0) is 14.8 Å². The van der Waals surface area contributed by atoms with E-state index in [1.54, 1.807) is 48.5 Å². The molecule has 41 heavy (non-hydrogen) atoms. The van der Waals surface area contributed by atoms with Gasteiger partial charge in [0.2, 0.25) is 15.9 Å². The van der Waals surface area contributed by atoms with Crippen molar-refractivity contribution in [1.82, 2.24) is 15.0 Å². The second-order valence-electron chi connectivity index (χ2n) is 10.7. The van der Waals surface area contributed by atoms with Crippen molar-refractivity contribution < 1.29 is 27.5 Å². The Morgan fingerprint density at radius 2 is 1.68 bits per heavy atom. The molecule has 1 unspecified atom stereocenters. The van der Waals surface area contributed by atoms with Crippen LogP contribution in [0.15, 0.2) is 71.6 Å². The zero-order valence-corrected chi connectivity index (χ0v) is 23.6. The minimum absolute atomic E-state index is 0.0797. The highest BCUT2D eigenvalue weighted by Gasteiger charge is 2.30. The van der Waals surface area contributed by atoms with Crippen molar-refractivity contribution in [3.8, 4) is 11.3 Å². The summed E-state index contributed by atoms with van der Waals surface area (Å²) in [5.41, 5.74) is 4.07. The SMILES string of the molecule is Cc1cc(C(=O)O)ccc1-c1cc2ccc(S(=O)(=O)NC3CCC(C(=O)NC(C)c4ccc(F)cc4)CC3)cc2[nH]1. The monoisotopic (exact) mass is 577 g/mol. The predicted molar refractivity (Wildman–Crippen MR) is 154 cm³/mol. The number of aryl methyl sites for hydroxylation is 1. The highest BCUT2D eigenvalue weighted by Crippen LogP contribution is 2.30. The smallest absolute Gasteiger partial charge is 0.335 e. The van der Waals surface area contributed by atoms with Gasteiger partial charge in [-0.15, -0.1) is 0 Å². The number of carbonyl (C=O) groups is 2. The minimum atomic E-state index is -3.79. The molecule has 4 N–H and O–H groups in total. The Hall–Kier alpha value is -4.02.